The van der Waals surface area contributed by atoms with Gasteiger partial charge >= 0.3 is 0 Å². The van der Waals surface area contributed by atoms with Gasteiger partial charge in [0.1, 0.15) is 6.10 Å². The highest BCUT2D eigenvalue weighted by Gasteiger charge is 2.38. The van der Waals surface area contributed by atoms with Gasteiger partial charge in [0.2, 0.25) is 0 Å². The number of nitrogens with zero attached hydrogens (tertiary/aromatic N) is 1. The summed E-state index contributed by atoms with van der Waals surface area (Å²) in [4.78, 5) is 14.9. The second-order valence-corrected chi connectivity index (χ2v) is 7.13. The third kappa shape index (κ3) is 3.59. The van der Waals surface area contributed by atoms with Crippen molar-refractivity contribution in [3.63, 3.8) is 0 Å². The number of carbonyl (C=O) groups is 1. The van der Waals surface area contributed by atoms with E-state index in [0.29, 0.717) is 12.6 Å². The summed E-state index contributed by atoms with van der Waals surface area (Å²) in [5.74, 6) is 1.09. The Bertz CT molecular complexity index is 355. The van der Waals surface area contributed by atoms with E-state index in [4.69, 9.17) is 10.5 Å². The quantitative estimate of drug-likeness (QED) is 0.866. The van der Waals surface area contributed by atoms with Crippen LogP contribution in [0, 0.1) is 5.92 Å². The lowest BCUT2D eigenvalue weighted by molar-refractivity contribution is -0.143. The maximum atomic E-state index is 12.7. The van der Waals surface area contributed by atoms with Crippen molar-refractivity contribution in [1.82, 2.24) is 4.90 Å². The van der Waals surface area contributed by atoms with Crippen molar-refractivity contribution in [3.05, 3.63) is 0 Å². The fraction of sp³-hybridized carbons (Fsp3) is 0.941. The van der Waals surface area contributed by atoms with Crippen LogP contribution in [0.25, 0.3) is 0 Å². The highest BCUT2D eigenvalue weighted by atomic mass is 16.5. The predicted molar refractivity (Wildman–Crippen MR) is 82.9 cm³/mol. The average molecular weight is 294 g/mol. The van der Waals surface area contributed by atoms with Crippen molar-refractivity contribution in [2.24, 2.45) is 11.7 Å². The first-order chi connectivity index (χ1) is 10.3. The van der Waals surface area contributed by atoms with E-state index in [2.05, 4.69) is 4.90 Å². The van der Waals surface area contributed by atoms with Gasteiger partial charge in [-0.1, -0.05) is 32.1 Å². The monoisotopic (exact) mass is 294 g/mol. The van der Waals surface area contributed by atoms with Crippen LogP contribution in [0.4, 0.5) is 0 Å². The van der Waals surface area contributed by atoms with E-state index in [-0.39, 0.29) is 18.1 Å². The Kier molecular flexibility index (Phi) is 5.17. The van der Waals surface area contributed by atoms with Gasteiger partial charge in [-0.2, -0.15) is 0 Å². The van der Waals surface area contributed by atoms with Crippen molar-refractivity contribution in [2.75, 3.05) is 13.1 Å². The third-order valence-corrected chi connectivity index (χ3v) is 5.64. The molecule has 3 rings (SSSR count). The molecular weight excluding hydrogens is 264 g/mol. The minimum absolute atomic E-state index is 0.0957. The second-order valence-electron chi connectivity index (χ2n) is 7.13. The highest BCUT2D eigenvalue weighted by molar-refractivity contribution is 5.81. The Hall–Kier alpha value is -0.610. The molecule has 4 heteroatoms. The molecule has 2 saturated heterocycles. The normalized spacial score (nSPS) is 34.5. The number of likely N-dealkylation sites (tertiary alicyclic amines) is 1. The molecule has 2 heterocycles. The Morgan fingerprint density at radius 1 is 1.05 bits per heavy atom. The molecule has 1 aliphatic carbocycles. The topological polar surface area (TPSA) is 55.6 Å². The molecule has 21 heavy (non-hydrogen) atoms. The van der Waals surface area contributed by atoms with Crippen LogP contribution in [-0.2, 0) is 9.53 Å². The number of hydrogen-bond donors (Lipinski definition) is 1. The fourth-order valence-electron chi connectivity index (χ4n) is 4.42. The molecule has 1 unspecified atom stereocenters. The largest absolute Gasteiger partial charge is 0.364 e. The molecule has 2 N–H and O–H groups in total. The molecule has 0 bridgehead atoms. The zero-order chi connectivity index (χ0) is 14.7. The van der Waals surface area contributed by atoms with Crippen molar-refractivity contribution in [3.8, 4) is 0 Å². The van der Waals surface area contributed by atoms with Gasteiger partial charge in [-0.3, -0.25) is 4.79 Å². The smallest absolute Gasteiger partial charge is 0.251 e. The molecule has 0 aromatic rings. The summed E-state index contributed by atoms with van der Waals surface area (Å²) in [6.07, 6.45) is 12.2. The molecule has 0 spiro atoms. The number of hydrogen-bond acceptors (Lipinski definition) is 3. The van der Waals surface area contributed by atoms with E-state index in [1.165, 1.54) is 44.9 Å². The molecule has 2 aliphatic heterocycles. The van der Waals surface area contributed by atoms with Crippen molar-refractivity contribution < 1.29 is 9.53 Å². The maximum Gasteiger partial charge on any atom is 0.251 e. The standard InChI is InChI=1S/C17H30N2O2/c18-12-15-8-9-16(21-15)17(20)19-10-4-7-14(19)11-13-5-2-1-3-6-13/h13-16H,1-12,18H2/t14?,15-,16+/m1/s1. The summed E-state index contributed by atoms with van der Waals surface area (Å²) in [6.45, 7) is 1.47. The first-order valence-electron chi connectivity index (χ1n) is 8.94. The predicted octanol–water partition coefficient (Wildman–Crippen LogP) is 2.45. The SMILES string of the molecule is NC[C@H]1CC[C@@H](C(=O)N2CCCC2CC2CCCCC2)O1. The Balaban J connectivity index is 1.54. The minimum atomic E-state index is -0.217. The average Bonchev–Trinajstić information content (AvgIpc) is 3.16. The van der Waals surface area contributed by atoms with Crippen molar-refractivity contribution in [1.29, 1.82) is 0 Å². The van der Waals surface area contributed by atoms with E-state index < -0.39 is 0 Å². The number of rotatable bonds is 4. The van der Waals surface area contributed by atoms with E-state index in [0.717, 1.165) is 31.7 Å². The summed E-state index contributed by atoms with van der Waals surface area (Å²) in [5.41, 5.74) is 5.65. The first kappa shape index (κ1) is 15.3. The Morgan fingerprint density at radius 3 is 2.57 bits per heavy atom. The second kappa shape index (κ2) is 7.10. The lowest BCUT2D eigenvalue weighted by atomic mass is 9.84. The van der Waals surface area contributed by atoms with Crippen LogP contribution >= 0.6 is 0 Å². The molecule has 120 valence electrons. The van der Waals surface area contributed by atoms with Crippen LogP contribution in [0.5, 0.6) is 0 Å². The van der Waals surface area contributed by atoms with Gasteiger partial charge < -0.3 is 15.4 Å². The molecule has 0 aromatic heterocycles. The fourth-order valence-corrected chi connectivity index (χ4v) is 4.42. The van der Waals surface area contributed by atoms with Gasteiger partial charge in [0.25, 0.3) is 5.91 Å². The number of amides is 1. The highest BCUT2D eigenvalue weighted by Crippen LogP contribution is 2.33. The Labute approximate surface area is 128 Å². The summed E-state index contributed by atoms with van der Waals surface area (Å²) >= 11 is 0. The lowest BCUT2D eigenvalue weighted by Crippen LogP contribution is -2.43. The first-order valence-corrected chi connectivity index (χ1v) is 8.94. The molecule has 0 aromatic carbocycles. The summed E-state index contributed by atoms with van der Waals surface area (Å²) in [5, 5.41) is 0. The van der Waals surface area contributed by atoms with Crippen LogP contribution < -0.4 is 5.73 Å². The van der Waals surface area contributed by atoms with Crippen LogP contribution in [0.3, 0.4) is 0 Å². The van der Waals surface area contributed by atoms with Gasteiger partial charge in [0.05, 0.1) is 6.10 Å². The summed E-state index contributed by atoms with van der Waals surface area (Å²) in [7, 11) is 0. The molecule has 3 atom stereocenters. The third-order valence-electron chi connectivity index (χ3n) is 5.64. The van der Waals surface area contributed by atoms with Crippen LogP contribution in [0.1, 0.15) is 64.2 Å². The van der Waals surface area contributed by atoms with Crippen LogP contribution in [0.2, 0.25) is 0 Å². The zero-order valence-electron chi connectivity index (χ0n) is 13.1. The summed E-state index contributed by atoms with van der Waals surface area (Å²) < 4.78 is 5.81. The summed E-state index contributed by atoms with van der Waals surface area (Å²) in [6, 6.07) is 0.473. The van der Waals surface area contributed by atoms with Crippen molar-refractivity contribution in [2.45, 2.75) is 82.5 Å². The number of nitrogens with two attached hydrogens (primary N) is 1. The van der Waals surface area contributed by atoms with E-state index >= 15 is 0 Å². The Morgan fingerprint density at radius 2 is 1.86 bits per heavy atom. The van der Waals surface area contributed by atoms with Gasteiger partial charge in [-0.15, -0.1) is 0 Å². The van der Waals surface area contributed by atoms with Crippen LogP contribution in [0.15, 0.2) is 0 Å². The molecular formula is C17H30N2O2. The van der Waals surface area contributed by atoms with Crippen molar-refractivity contribution >= 4 is 5.91 Å². The molecule has 4 nitrogen and oxygen atoms in total. The minimum Gasteiger partial charge on any atom is -0.364 e. The van der Waals surface area contributed by atoms with Gasteiger partial charge in [0.15, 0.2) is 0 Å². The van der Waals surface area contributed by atoms with Gasteiger partial charge in [-0.25, -0.2) is 0 Å². The molecule has 3 fully saturated rings. The lowest BCUT2D eigenvalue weighted by Gasteiger charge is -2.31. The van der Waals surface area contributed by atoms with Gasteiger partial charge in [-0.05, 0) is 38.0 Å². The van der Waals surface area contributed by atoms with E-state index in [9.17, 15) is 4.79 Å². The van der Waals surface area contributed by atoms with E-state index in [1.54, 1.807) is 0 Å². The molecule has 1 saturated carbocycles. The number of ether oxygens (including phenoxy) is 1. The maximum absolute atomic E-state index is 12.7. The molecule has 0 radical (unpaired) electrons. The number of carbonyl (C=O) groups excluding carboxylic acids is 1. The van der Waals surface area contributed by atoms with Crippen LogP contribution in [-0.4, -0.2) is 42.1 Å². The molecule has 1 amide bonds. The van der Waals surface area contributed by atoms with E-state index in [1.807, 2.05) is 0 Å². The van der Waals surface area contributed by atoms with Gasteiger partial charge in [0, 0.05) is 19.1 Å². The molecule has 3 aliphatic rings. The zero-order valence-corrected chi connectivity index (χ0v) is 13.1.